The van der Waals surface area contributed by atoms with Crippen LogP contribution in [-0.2, 0) is 15.3 Å². The fourth-order valence-corrected chi connectivity index (χ4v) is 3.56. The first kappa shape index (κ1) is 17.6. The second kappa shape index (κ2) is 9.48. The minimum absolute atomic E-state index is 0.0135. The molecular formula is C15H18N2O2S2. The van der Waals surface area contributed by atoms with Gasteiger partial charge in [-0.2, -0.15) is 17.0 Å². The molecule has 4 nitrogen and oxygen atoms in total. The monoisotopic (exact) mass is 322 g/mol. The number of nitrogens with zero attached hydrogens (tertiary/aromatic N) is 2. The Hall–Kier alpha value is -1.45. The molecule has 1 aromatic rings. The number of hydrogen-bond donors (Lipinski definition) is 0. The molecule has 1 amide bonds. The summed E-state index contributed by atoms with van der Waals surface area (Å²) in [7, 11) is 1.45. The molecule has 21 heavy (non-hydrogen) atoms. The highest BCUT2D eigenvalue weighted by atomic mass is 32.2. The molecule has 0 saturated heterocycles. The Balaban J connectivity index is 2.54. The average Bonchev–Trinajstić information content (AvgIpc) is 2.50. The van der Waals surface area contributed by atoms with E-state index < -0.39 is 0 Å². The molecule has 0 heterocycles. The first-order chi connectivity index (χ1) is 10.0. The third kappa shape index (κ3) is 6.69. The van der Waals surface area contributed by atoms with E-state index in [4.69, 9.17) is 5.26 Å². The summed E-state index contributed by atoms with van der Waals surface area (Å²) in [4.78, 5) is 24.2. The molecule has 6 heteroatoms. The van der Waals surface area contributed by atoms with Crippen LogP contribution in [-0.4, -0.2) is 34.5 Å². The normalized spacial score (nSPS) is 11.5. The molecule has 0 N–H and O–H groups in total. The lowest BCUT2D eigenvalue weighted by molar-refractivity contribution is -0.129. The van der Waals surface area contributed by atoms with Crippen molar-refractivity contribution in [3.63, 3.8) is 0 Å². The first-order valence-corrected chi connectivity index (χ1v) is 8.61. The molecule has 0 aromatic heterocycles. The molecule has 1 unspecified atom stereocenters. The van der Waals surface area contributed by atoms with E-state index in [9.17, 15) is 9.59 Å². The zero-order valence-corrected chi connectivity index (χ0v) is 13.7. The van der Waals surface area contributed by atoms with E-state index in [1.54, 1.807) is 11.8 Å². The molecule has 0 spiro atoms. The summed E-state index contributed by atoms with van der Waals surface area (Å²) in [5.41, 5.74) is 1.20. The third-order valence-electron chi connectivity index (χ3n) is 2.75. The van der Waals surface area contributed by atoms with Gasteiger partial charge in [-0.15, -0.1) is 0 Å². The summed E-state index contributed by atoms with van der Waals surface area (Å²) in [5.74, 6) is 1.28. The van der Waals surface area contributed by atoms with Gasteiger partial charge in [0.05, 0.1) is 5.92 Å². The summed E-state index contributed by atoms with van der Waals surface area (Å²) < 4.78 is 0. The van der Waals surface area contributed by atoms with E-state index in [0.29, 0.717) is 11.5 Å². The van der Waals surface area contributed by atoms with Gasteiger partial charge in [-0.25, -0.2) is 0 Å². The average molecular weight is 322 g/mol. The summed E-state index contributed by atoms with van der Waals surface area (Å²) in [6, 6.07) is 10.00. The van der Waals surface area contributed by atoms with E-state index in [-0.39, 0.29) is 16.9 Å². The zero-order chi connectivity index (χ0) is 15.7. The van der Waals surface area contributed by atoms with Crippen molar-refractivity contribution in [2.24, 2.45) is 5.92 Å². The van der Waals surface area contributed by atoms with Crippen LogP contribution in [0.1, 0.15) is 12.5 Å². The minimum atomic E-state index is -0.322. The smallest absolute Gasteiger partial charge is 0.240 e. The number of benzene rings is 1. The SMILES string of the molecule is CC(=O)SCC(CSCc1ccccc1)C(=O)N(C)C#N. The molecule has 1 atom stereocenters. The van der Waals surface area contributed by atoms with Crippen molar-refractivity contribution in [1.82, 2.24) is 4.90 Å². The maximum atomic E-state index is 12.1. The van der Waals surface area contributed by atoms with Crippen molar-refractivity contribution < 1.29 is 9.59 Å². The molecule has 112 valence electrons. The van der Waals surface area contributed by atoms with E-state index in [2.05, 4.69) is 0 Å². The predicted molar refractivity (Wildman–Crippen MR) is 87.6 cm³/mol. The van der Waals surface area contributed by atoms with E-state index >= 15 is 0 Å². The maximum absolute atomic E-state index is 12.1. The Morgan fingerprint density at radius 2 is 1.95 bits per heavy atom. The van der Waals surface area contributed by atoms with Gasteiger partial charge in [0.2, 0.25) is 5.91 Å². The fraction of sp³-hybridized carbons (Fsp3) is 0.400. The number of carbonyl (C=O) groups is 2. The van der Waals surface area contributed by atoms with Gasteiger partial charge in [-0.3, -0.25) is 14.5 Å². The summed E-state index contributed by atoms with van der Waals surface area (Å²) in [5, 5.41) is 8.80. The van der Waals surface area contributed by atoms with Gasteiger partial charge in [-0.05, 0) is 5.56 Å². The van der Waals surface area contributed by atoms with Crippen LogP contribution in [0, 0.1) is 17.4 Å². The fourth-order valence-electron chi connectivity index (χ4n) is 1.63. The van der Waals surface area contributed by atoms with Gasteiger partial charge < -0.3 is 0 Å². The largest absolute Gasteiger partial charge is 0.288 e. The molecule has 0 radical (unpaired) electrons. The van der Waals surface area contributed by atoms with Crippen molar-refractivity contribution in [3.05, 3.63) is 35.9 Å². The Morgan fingerprint density at radius 3 is 2.52 bits per heavy atom. The quantitative estimate of drug-likeness (QED) is 0.570. The Bertz CT molecular complexity index is 514. The number of nitriles is 1. The van der Waals surface area contributed by atoms with Gasteiger partial charge >= 0.3 is 0 Å². The van der Waals surface area contributed by atoms with Crippen LogP contribution >= 0.6 is 23.5 Å². The number of carbonyl (C=O) groups excluding carboxylic acids is 2. The van der Waals surface area contributed by atoms with Crippen LogP contribution < -0.4 is 0 Å². The molecule has 0 aliphatic carbocycles. The van der Waals surface area contributed by atoms with Gasteiger partial charge in [0.15, 0.2) is 11.3 Å². The molecule has 0 bridgehead atoms. The standard InChI is InChI=1S/C15H18N2O2S2/c1-12(18)21-10-14(15(19)17(2)11-16)9-20-8-13-6-4-3-5-7-13/h3-7,14H,8-10H2,1-2H3. The number of thioether (sulfide) groups is 2. The van der Waals surface area contributed by atoms with Crippen molar-refractivity contribution in [3.8, 4) is 6.19 Å². The van der Waals surface area contributed by atoms with E-state index in [1.807, 2.05) is 36.5 Å². The highest BCUT2D eigenvalue weighted by Gasteiger charge is 2.22. The molecule has 1 aromatic carbocycles. The van der Waals surface area contributed by atoms with Crippen LogP contribution in [0.5, 0.6) is 0 Å². The van der Waals surface area contributed by atoms with Gasteiger partial charge in [0.25, 0.3) is 0 Å². The summed E-state index contributed by atoms with van der Waals surface area (Å²) in [6.07, 6.45) is 1.82. The van der Waals surface area contributed by atoms with Crippen LogP contribution in [0.25, 0.3) is 0 Å². The highest BCUT2D eigenvalue weighted by molar-refractivity contribution is 8.13. The van der Waals surface area contributed by atoms with Gasteiger partial charge in [0, 0.05) is 31.2 Å². The maximum Gasteiger partial charge on any atom is 0.240 e. The second-order valence-electron chi connectivity index (χ2n) is 4.50. The Morgan fingerprint density at radius 1 is 1.29 bits per heavy atom. The van der Waals surface area contributed by atoms with Crippen molar-refractivity contribution in [2.45, 2.75) is 12.7 Å². The van der Waals surface area contributed by atoms with Gasteiger partial charge in [-0.1, -0.05) is 42.1 Å². The summed E-state index contributed by atoms with van der Waals surface area (Å²) >= 11 is 2.77. The second-order valence-corrected chi connectivity index (χ2v) is 6.72. The topological polar surface area (TPSA) is 61.2 Å². The van der Waals surface area contributed by atoms with Crippen molar-refractivity contribution >= 4 is 34.5 Å². The molecule has 1 rings (SSSR count). The van der Waals surface area contributed by atoms with Crippen molar-refractivity contribution in [2.75, 3.05) is 18.6 Å². The Kier molecular flexibility index (Phi) is 7.95. The lowest BCUT2D eigenvalue weighted by atomic mass is 10.2. The number of hydrogen-bond acceptors (Lipinski definition) is 5. The molecule has 0 aliphatic heterocycles. The number of rotatable bonds is 7. The van der Waals surface area contributed by atoms with Gasteiger partial charge in [0.1, 0.15) is 0 Å². The lowest BCUT2D eigenvalue weighted by Gasteiger charge is -2.17. The molecular weight excluding hydrogens is 304 g/mol. The predicted octanol–water partition coefficient (Wildman–Crippen LogP) is 2.76. The van der Waals surface area contributed by atoms with Crippen LogP contribution in [0.2, 0.25) is 0 Å². The molecule has 0 fully saturated rings. The van der Waals surface area contributed by atoms with Crippen molar-refractivity contribution in [1.29, 1.82) is 5.26 Å². The van der Waals surface area contributed by atoms with Crippen LogP contribution in [0.15, 0.2) is 30.3 Å². The van der Waals surface area contributed by atoms with Crippen LogP contribution in [0.4, 0.5) is 0 Å². The Labute approximate surface area is 133 Å². The highest BCUT2D eigenvalue weighted by Crippen LogP contribution is 2.20. The third-order valence-corrected chi connectivity index (χ3v) is 4.90. The molecule has 0 aliphatic rings. The number of amides is 1. The van der Waals surface area contributed by atoms with Crippen LogP contribution in [0.3, 0.4) is 0 Å². The van der Waals surface area contributed by atoms with E-state index in [1.165, 1.54) is 19.5 Å². The minimum Gasteiger partial charge on any atom is -0.288 e. The van der Waals surface area contributed by atoms with E-state index in [0.717, 1.165) is 22.4 Å². The zero-order valence-electron chi connectivity index (χ0n) is 12.1. The first-order valence-electron chi connectivity index (χ1n) is 6.47. The summed E-state index contributed by atoms with van der Waals surface area (Å²) in [6.45, 7) is 1.48. The molecule has 0 saturated carbocycles. The lowest BCUT2D eigenvalue weighted by Crippen LogP contribution is -2.32.